The Morgan fingerprint density at radius 1 is 1.09 bits per heavy atom. The van der Waals surface area contributed by atoms with Crippen LogP contribution in [0, 0.1) is 5.92 Å². The number of halogens is 1. The Bertz CT molecular complexity index is 996. The van der Waals surface area contributed by atoms with E-state index in [0.717, 1.165) is 31.0 Å². The summed E-state index contributed by atoms with van der Waals surface area (Å²) >= 11 is 0. The summed E-state index contributed by atoms with van der Waals surface area (Å²) in [5, 5.41) is 6.22. The van der Waals surface area contributed by atoms with Crippen LogP contribution in [0.4, 0.5) is 0 Å². The van der Waals surface area contributed by atoms with E-state index in [9.17, 15) is 9.59 Å². The number of nitrogens with zero attached hydrogens (tertiary/aromatic N) is 3. The standard InChI is InChI=1S/C26H33N5O2.HI/c1-19-17-31(14-12-23(19)21-6-4-3-5-7-21)26(27-2)29-16-20-8-10-22(11-9-20)25(33)30-15-13-28-24(32)18-30;/h3-11,19,23H,12-18H2,1-2H3,(H,27,29)(H,28,32);1H. The van der Waals surface area contributed by atoms with Gasteiger partial charge in [0, 0.05) is 45.3 Å². The van der Waals surface area contributed by atoms with Crippen molar-refractivity contribution in [1.82, 2.24) is 20.4 Å². The average Bonchev–Trinajstić information content (AvgIpc) is 2.85. The second kappa shape index (κ2) is 12.2. The first-order valence-electron chi connectivity index (χ1n) is 11.7. The van der Waals surface area contributed by atoms with Crippen LogP contribution in [0.25, 0.3) is 0 Å². The van der Waals surface area contributed by atoms with E-state index in [4.69, 9.17) is 0 Å². The van der Waals surface area contributed by atoms with Crippen molar-refractivity contribution in [2.24, 2.45) is 10.9 Å². The Morgan fingerprint density at radius 2 is 1.82 bits per heavy atom. The molecule has 0 radical (unpaired) electrons. The van der Waals surface area contributed by atoms with Gasteiger partial charge in [0.1, 0.15) is 0 Å². The number of aliphatic imine (C=N–C) groups is 1. The summed E-state index contributed by atoms with van der Waals surface area (Å²) in [6.45, 7) is 6.07. The number of carbonyl (C=O) groups excluding carboxylic acids is 2. The minimum Gasteiger partial charge on any atom is -0.353 e. The van der Waals surface area contributed by atoms with Gasteiger partial charge in [-0.15, -0.1) is 24.0 Å². The normalized spacial score (nSPS) is 20.9. The van der Waals surface area contributed by atoms with Crippen LogP contribution in [-0.2, 0) is 11.3 Å². The molecule has 0 spiro atoms. The maximum atomic E-state index is 12.6. The van der Waals surface area contributed by atoms with Gasteiger partial charge in [0.2, 0.25) is 5.91 Å². The number of piperazine rings is 1. The highest BCUT2D eigenvalue weighted by atomic mass is 127. The highest BCUT2D eigenvalue weighted by molar-refractivity contribution is 14.0. The molecule has 0 aliphatic carbocycles. The van der Waals surface area contributed by atoms with E-state index in [0.29, 0.717) is 37.0 Å². The predicted molar refractivity (Wildman–Crippen MR) is 146 cm³/mol. The highest BCUT2D eigenvalue weighted by Gasteiger charge is 2.28. The lowest BCUT2D eigenvalue weighted by Crippen LogP contribution is -2.49. The van der Waals surface area contributed by atoms with E-state index in [1.807, 2.05) is 31.3 Å². The molecule has 34 heavy (non-hydrogen) atoms. The fraction of sp³-hybridized carbons (Fsp3) is 0.423. The summed E-state index contributed by atoms with van der Waals surface area (Å²) < 4.78 is 0. The summed E-state index contributed by atoms with van der Waals surface area (Å²) in [7, 11) is 1.83. The minimum atomic E-state index is -0.107. The molecular weight excluding hydrogens is 541 g/mol. The molecule has 0 bridgehead atoms. The monoisotopic (exact) mass is 575 g/mol. The lowest BCUT2D eigenvalue weighted by atomic mass is 9.82. The molecule has 0 aromatic heterocycles. The molecule has 2 unspecified atom stereocenters. The van der Waals surface area contributed by atoms with Gasteiger partial charge in [0.15, 0.2) is 5.96 Å². The summed E-state index contributed by atoms with van der Waals surface area (Å²) in [6.07, 6.45) is 1.11. The average molecular weight is 575 g/mol. The number of hydrogen-bond acceptors (Lipinski definition) is 3. The largest absolute Gasteiger partial charge is 0.353 e. The molecule has 2 aromatic carbocycles. The number of benzene rings is 2. The van der Waals surface area contributed by atoms with Crippen molar-refractivity contribution in [2.75, 3.05) is 39.8 Å². The molecule has 2 atom stereocenters. The summed E-state index contributed by atoms with van der Waals surface area (Å²) in [6, 6.07) is 18.4. The Kier molecular flexibility index (Phi) is 9.32. The van der Waals surface area contributed by atoms with Gasteiger partial charge in [-0.3, -0.25) is 14.6 Å². The van der Waals surface area contributed by atoms with Gasteiger partial charge in [-0.1, -0.05) is 49.4 Å². The van der Waals surface area contributed by atoms with Crippen LogP contribution in [0.1, 0.15) is 40.7 Å². The first-order valence-corrected chi connectivity index (χ1v) is 11.7. The fourth-order valence-electron chi connectivity index (χ4n) is 4.81. The molecule has 7 nitrogen and oxygen atoms in total. The Labute approximate surface area is 219 Å². The lowest BCUT2D eigenvalue weighted by Gasteiger charge is -2.39. The van der Waals surface area contributed by atoms with Crippen LogP contribution >= 0.6 is 24.0 Å². The molecule has 2 amide bonds. The highest BCUT2D eigenvalue weighted by Crippen LogP contribution is 2.32. The first-order chi connectivity index (χ1) is 16.0. The molecule has 8 heteroatoms. The molecule has 0 saturated carbocycles. The van der Waals surface area contributed by atoms with Gasteiger partial charge >= 0.3 is 0 Å². The maximum absolute atomic E-state index is 12.6. The van der Waals surface area contributed by atoms with Crippen molar-refractivity contribution in [3.63, 3.8) is 0 Å². The van der Waals surface area contributed by atoms with Crippen molar-refractivity contribution < 1.29 is 9.59 Å². The Morgan fingerprint density at radius 3 is 2.47 bits per heavy atom. The van der Waals surface area contributed by atoms with Gasteiger partial charge in [-0.2, -0.15) is 0 Å². The van der Waals surface area contributed by atoms with Crippen LogP contribution in [0.3, 0.4) is 0 Å². The number of likely N-dealkylation sites (tertiary alicyclic amines) is 1. The molecule has 2 aliphatic heterocycles. The Hall–Kier alpha value is -2.62. The SMILES string of the molecule is CN=C(NCc1ccc(C(=O)N2CCNC(=O)C2)cc1)N1CCC(c2ccccc2)C(C)C1.I. The molecule has 2 aromatic rings. The zero-order chi connectivity index (χ0) is 23.2. The van der Waals surface area contributed by atoms with E-state index in [1.165, 1.54) is 5.56 Å². The molecule has 4 rings (SSSR count). The van der Waals surface area contributed by atoms with E-state index in [1.54, 1.807) is 4.90 Å². The van der Waals surface area contributed by atoms with Crippen molar-refractivity contribution in [1.29, 1.82) is 0 Å². The van der Waals surface area contributed by atoms with E-state index < -0.39 is 0 Å². The number of nitrogens with one attached hydrogen (secondary N) is 2. The number of piperidine rings is 1. The quantitative estimate of drug-likeness (QED) is 0.334. The summed E-state index contributed by atoms with van der Waals surface area (Å²) in [5.74, 6) is 1.82. The molecule has 182 valence electrons. The van der Waals surface area contributed by atoms with E-state index in [-0.39, 0.29) is 42.3 Å². The number of rotatable bonds is 4. The van der Waals surface area contributed by atoms with Crippen LogP contribution in [0.2, 0.25) is 0 Å². The molecule has 2 fully saturated rings. The van der Waals surface area contributed by atoms with Gasteiger partial charge < -0.3 is 20.4 Å². The fourth-order valence-corrected chi connectivity index (χ4v) is 4.81. The topological polar surface area (TPSA) is 77.0 Å². The number of carbonyl (C=O) groups is 2. The zero-order valence-electron chi connectivity index (χ0n) is 19.9. The van der Waals surface area contributed by atoms with Gasteiger partial charge in [0.05, 0.1) is 6.54 Å². The molecular formula is C26H34IN5O2. The third-order valence-corrected chi connectivity index (χ3v) is 6.62. The van der Waals surface area contributed by atoms with Crippen LogP contribution in [0.5, 0.6) is 0 Å². The minimum absolute atomic E-state index is 0. The molecule has 2 aliphatic rings. The van der Waals surface area contributed by atoms with Gasteiger partial charge in [-0.25, -0.2) is 0 Å². The molecule has 2 saturated heterocycles. The van der Waals surface area contributed by atoms with Gasteiger partial charge in [0.25, 0.3) is 5.91 Å². The molecule has 2 N–H and O–H groups in total. The second-order valence-corrected chi connectivity index (χ2v) is 8.90. The smallest absolute Gasteiger partial charge is 0.254 e. The first kappa shape index (κ1) is 26.0. The van der Waals surface area contributed by atoms with Crippen LogP contribution in [0.15, 0.2) is 59.6 Å². The summed E-state index contributed by atoms with van der Waals surface area (Å²) in [5.41, 5.74) is 3.11. The van der Waals surface area contributed by atoms with Crippen molar-refractivity contribution >= 4 is 41.8 Å². The maximum Gasteiger partial charge on any atom is 0.254 e. The summed E-state index contributed by atoms with van der Waals surface area (Å²) in [4.78, 5) is 32.6. The second-order valence-electron chi connectivity index (χ2n) is 8.90. The van der Waals surface area contributed by atoms with Gasteiger partial charge in [-0.05, 0) is 41.5 Å². The number of guanidine groups is 1. The van der Waals surface area contributed by atoms with E-state index in [2.05, 4.69) is 57.8 Å². The van der Waals surface area contributed by atoms with Crippen molar-refractivity contribution in [3.05, 3.63) is 71.3 Å². The van der Waals surface area contributed by atoms with E-state index >= 15 is 0 Å². The van der Waals surface area contributed by atoms with Crippen LogP contribution < -0.4 is 10.6 Å². The Balaban J connectivity index is 0.00000324. The van der Waals surface area contributed by atoms with Crippen LogP contribution in [-0.4, -0.2) is 67.3 Å². The number of hydrogen-bond donors (Lipinski definition) is 2. The van der Waals surface area contributed by atoms with Crippen molar-refractivity contribution in [2.45, 2.75) is 25.8 Å². The third-order valence-electron chi connectivity index (χ3n) is 6.62. The van der Waals surface area contributed by atoms with Crippen molar-refractivity contribution in [3.8, 4) is 0 Å². The molecule has 2 heterocycles. The lowest BCUT2D eigenvalue weighted by molar-refractivity contribution is -0.123. The predicted octanol–water partition coefficient (Wildman–Crippen LogP) is 3.08. The third kappa shape index (κ3) is 6.28. The number of amides is 2. The zero-order valence-corrected chi connectivity index (χ0v) is 22.2.